The summed E-state index contributed by atoms with van der Waals surface area (Å²) in [6.45, 7) is 0. The minimum atomic E-state index is 0.513. The van der Waals surface area contributed by atoms with Crippen molar-refractivity contribution in [3.63, 3.8) is 0 Å². The monoisotopic (exact) mass is 446 g/mol. The molecule has 0 atom stereocenters. The van der Waals surface area contributed by atoms with Gasteiger partial charge in [0, 0.05) is 26.3 Å². The van der Waals surface area contributed by atoms with E-state index in [1.165, 1.54) is 0 Å². The van der Waals surface area contributed by atoms with Crippen LogP contribution in [-0.4, -0.2) is 15.4 Å². The van der Waals surface area contributed by atoms with Gasteiger partial charge in [-0.15, -0.1) is 11.6 Å². The number of nitrogens with zero attached hydrogens (tertiary/aromatic N) is 2. The van der Waals surface area contributed by atoms with Gasteiger partial charge in [-0.05, 0) is 62.2 Å². The highest BCUT2D eigenvalue weighted by Crippen LogP contribution is 2.34. The van der Waals surface area contributed by atoms with Crippen molar-refractivity contribution in [3.8, 4) is 5.69 Å². The van der Waals surface area contributed by atoms with E-state index in [1.54, 1.807) is 0 Å². The Morgan fingerprint density at radius 1 is 1.10 bits per heavy atom. The minimum Gasteiger partial charge on any atom is -0.294 e. The lowest BCUT2D eigenvalue weighted by Gasteiger charge is -2.13. The number of hydrogen-bond acceptors (Lipinski definition) is 1. The molecule has 3 rings (SSSR count). The van der Waals surface area contributed by atoms with E-state index in [1.807, 2.05) is 36.4 Å². The van der Waals surface area contributed by atoms with E-state index < -0.39 is 0 Å². The molecule has 1 aromatic heterocycles. The second kappa shape index (κ2) is 6.29. The summed E-state index contributed by atoms with van der Waals surface area (Å²) < 4.78 is 4.05. The fraction of sp³-hybridized carbons (Fsp3) is 0.133. The molecule has 2 aromatic carbocycles. The molecule has 0 radical (unpaired) electrons. The lowest BCUT2D eigenvalue weighted by molar-refractivity contribution is 0.906. The lowest BCUT2D eigenvalue weighted by atomic mass is 10.2. The number of fused-ring (bicyclic) bond motifs is 1. The fourth-order valence-electron chi connectivity index (χ4n) is 2.30. The van der Waals surface area contributed by atoms with Gasteiger partial charge in [-0.1, -0.05) is 17.7 Å². The SMILES string of the molecule is ClCCc1nc2ccc(Cl)cc2n1-c1c(Br)cccc1Br. The van der Waals surface area contributed by atoms with Crippen LogP contribution in [0.4, 0.5) is 0 Å². The van der Waals surface area contributed by atoms with E-state index in [2.05, 4.69) is 41.4 Å². The third-order valence-corrected chi connectivity index (χ3v) is 4.87. The standard InChI is InChI=1S/C15H10Br2Cl2N2/c16-10-2-1-3-11(17)15(10)21-13-8-9(19)4-5-12(13)20-14(21)6-7-18/h1-5,8H,6-7H2. The molecule has 2 nitrogen and oxygen atoms in total. The van der Waals surface area contributed by atoms with Gasteiger partial charge in [0.15, 0.2) is 0 Å². The van der Waals surface area contributed by atoms with Crippen molar-refractivity contribution >= 4 is 66.1 Å². The van der Waals surface area contributed by atoms with E-state index in [9.17, 15) is 0 Å². The highest BCUT2D eigenvalue weighted by molar-refractivity contribution is 9.11. The number of halogens is 4. The second-order valence-electron chi connectivity index (χ2n) is 4.51. The molecule has 3 aromatic rings. The van der Waals surface area contributed by atoms with E-state index in [-0.39, 0.29) is 0 Å². The van der Waals surface area contributed by atoms with Crippen LogP contribution in [0.15, 0.2) is 45.3 Å². The molecular weight excluding hydrogens is 439 g/mol. The van der Waals surface area contributed by atoms with Crippen molar-refractivity contribution in [2.45, 2.75) is 6.42 Å². The van der Waals surface area contributed by atoms with Gasteiger partial charge in [0.2, 0.25) is 0 Å². The normalized spacial score (nSPS) is 11.2. The van der Waals surface area contributed by atoms with Crippen LogP contribution >= 0.6 is 55.1 Å². The number of benzene rings is 2. The molecule has 0 saturated heterocycles. The summed E-state index contributed by atoms with van der Waals surface area (Å²) in [5.41, 5.74) is 2.87. The predicted molar refractivity (Wildman–Crippen MR) is 95.9 cm³/mol. The van der Waals surface area contributed by atoms with Crippen molar-refractivity contribution in [3.05, 3.63) is 56.2 Å². The van der Waals surface area contributed by atoms with Crippen LogP contribution in [-0.2, 0) is 6.42 Å². The smallest absolute Gasteiger partial charge is 0.115 e. The fourth-order valence-corrected chi connectivity index (χ4v) is 3.99. The number of rotatable bonds is 3. The molecule has 0 aliphatic rings. The average molecular weight is 449 g/mol. The zero-order valence-corrected chi connectivity index (χ0v) is 15.5. The maximum atomic E-state index is 6.15. The molecule has 1 heterocycles. The van der Waals surface area contributed by atoms with Crippen LogP contribution in [0.1, 0.15) is 5.82 Å². The Balaban J connectivity index is 2.38. The van der Waals surface area contributed by atoms with Crippen LogP contribution in [0.3, 0.4) is 0 Å². The topological polar surface area (TPSA) is 17.8 Å². The molecule has 0 aliphatic carbocycles. The van der Waals surface area contributed by atoms with Gasteiger partial charge in [0.05, 0.1) is 16.7 Å². The highest BCUT2D eigenvalue weighted by Gasteiger charge is 2.16. The third kappa shape index (κ3) is 2.87. The summed E-state index contributed by atoms with van der Waals surface area (Å²) in [7, 11) is 0. The molecule has 108 valence electrons. The first-order valence-electron chi connectivity index (χ1n) is 6.29. The molecule has 0 saturated carbocycles. The zero-order valence-electron chi connectivity index (χ0n) is 10.8. The molecule has 0 unspecified atom stereocenters. The van der Waals surface area contributed by atoms with Gasteiger partial charge in [0.25, 0.3) is 0 Å². The summed E-state index contributed by atoms with van der Waals surface area (Å²) in [5.74, 6) is 1.42. The van der Waals surface area contributed by atoms with Gasteiger partial charge in [-0.25, -0.2) is 4.98 Å². The summed E-state index contributed by atoms with van der Waals surface area (Å²) in [4.78, 5) is 4.68. The number of para-hydroxylation sites is 1. The maximum Gasteiger partial charge on any atom is 0.115 e. The van der Waals surface area contributed by atoms with Crippen LogP contribution in [0.2, 0.25) is 5.02 Å². The van der Waals surface area contributed by atoms with Crippen LogP contribution in [0.25, 0.3) is 16.7 Å². The molecule has 0 bridgehead atoms. The van der Waals surface area contributed by atoms with Gasteiger partial charge in [0.1, 0.15) is 5.82 Å². The second-order valence-corrected chi connectivity index (χ2v) is 7.03. The lowest BCUT2D eigenvalue weighted by Crippen LogP contribution is -2.04. The van der Waals surface area contributed by atoms with Gasteiger partial charge in [-0.3, -0.25) is 4.57 Å². The Labute approximate surface area is 149 Å². The molecule has 0 fully saturated rings. The largest absolute Gasteiger partial charge is 0.294 e. The summed E-state index contributed by atoms with van der Waals surface area (Å²) in [6.07, 6.45) is 0.682. The van der Waals surface area contributed by atoms with Crippen LogP contribution < -0.4 is 0 Å². The Morgan fingerprint density at radius 3 is 2.48 bits per heavy atom. The van der Waals surface area contributed by atoms with Crippen molar-refractivity contribution < 1.29 is 0 Å². The van der Waals surface area contributed by atoms with Gasteiger partial charge < -0.3 is 0 Å². The van der Waals surface area contributed by atoms with Crippen LogP contribution in [0, 0.1) is 0 Å². The van der Waals surface area contributed by atoms with E-state index in [0.717, 1.165) is 31.5 Å². The quantitative estimate of drug-likeness (QED) is 0.450. The Hall–Kier alpha value is -0.550. The molecule has 21 heavy (non-hydrogen) atoms. The molecular formula is C15H10Br2Cl2N2. The maximum absolute atomic E-state index is 6.15. The summed E-state index contributed by atoms with van der Waals surface area (Å²) in [6, 6.07) is 11.7. The first-order valence-corrected chi connectivity index (χ1v) is 8.79. The zero-order chi connectivity index (χ0) is 15.0. The Morgan fingerprint density at radius 2 is 1.81 bits per heavy atom. The van der Waals surface area contributed by atoms with Crippen molar-refractivity contribution in [1.29, 1.82) is 0 Å². The third-order valence-electron chi connectivity index (χ3n) is 3.17. The van der Waals surface area contributed by atoms with Crippen molar-refractivity contribution in [2.75, 3.05) is 5.88 Å². The molecule has 0 spiro atoms. The highest BCUT2D eigenvalue weighted by atomic mass is 79.9. The molecule has 0 amide bonds. The van der Waals surface area contributed by atoms with E-state index in [4.69, 9.17) is 23.2 Å². The summed E-state index contributed by atoms with van der Waals surface area (Å²) >= 11 is 19.3. The number of alkyl halides is 1. The first kappa shape index (κ1) is 15.3. The molecule has 0 N–H and O–H groups in total. The number of imidazole rings is 1. The summed E-state index contributed by atoms with van der Waals surface area (Å²) in [5, 5.41) is 0.684. The van der Waals surface area contributed by atoms with Gasteiger partial charge in [-0.2, -0.15) is 0 Å². The number of aryl methyl sites for hydroxylation is 1. The Bertz CT molecular complexity index is 795. The molecule has 6 heteroatoms. The van der Waals surface area contributed by atoms with Crippen molar-refractivity contribution in [2.24, 2.45) is 0 Å². The first-order chi connectivity index (χ1) is 10.1. The predicted octanol–water partition coefficient (Wildman–Crippen LogP) is 5.99. The van der Waals surface area contributed by atoms with E-state index >= 15 is 0 Å². The van der Waals surface area contributed by atoms with Crippen molar-refractivity contribution in [1.82, 2.24) is 9.55 Å². The minimum absolute atomic E-state index is 0.513. The van der Waals surface area contributed by atoms with Crippen LogP contribution in [0.5, 0.6) is 0 Å². The van der Waals surface area contributed by atoms with E-state index in [0.29, 0.717) is 17.3 Å². The van der Waals surface area contributed by atoms with Gasteiger partial charge >= 0.3 is 0 Å². The molecule has 0 aliphatic heterocycles. The number of hydrogen-bond donors (Lipinski definition) is 0. The average Bonchev–Trinajstić information content (AvgIpc) is 2.77. The Kier molecular flexibility index (Phi) is 4.60. The number of aromatic nitrogens is 2.